The van der Waals surface area contributed by atoms with Crippen LogP contribution in [0.2, 0.25) is 0 Å². The molecule has 0 saturated carbocycles. The highest BCUT2D eigenvalue weighted by atomic mass is 79.9. The average Bonchev–Trinajstić information content (AvgIpc) is 2.44. The lowest BCUT2D eigenvalue weighted by Crippen LogP contribution is -2.41. The van der Waals surface area contributed by atoms with Gasteiger partial charge in [0.25, 0.3) is 0 Å². The van der Waals surface area contributed by atoms with Crippen molar-refractivity contribution in [2.45, 2.75) is 71.5 Å². The summed E-state index contributed by atoms with van der Waals surface area (Å²) < 4.78 is 1.06. The van der Waals surface area contributed by atoms with Gasteiger partial charge in [0.2, 0.25) is 0 Å². The molecule has 0 amide bonds. The van der Waals surface area contributed by atoms with Crippen molar-refractivity contribution in [2.75, 3.05) is 11.4 Å². The van der Waals surface area contributed by atoms with Crippen LogP contribution in [0.4, 0.5) is 5.82 Å². The number of rotatable bonds is 4. The van der Waals surface area contributed by atoms with Crippen LogP contribution in [-0.4, -0.2) is 23.1 Å². The first-order valence-electron chi connectivity index (χ1n) is 8.07. The normalized spacial score (nSPS) is 19.9. The van der Waals surface area contributed by atoms with Crippen LogP contribution in [0, 0.1) is 0 Å². The number of hydrogen-bond donors (Lipinski definition) is 1. The molecule has 1 aliphatic rings. The van der Waals surface area contributed by atoms with Gasteiger partial charge in [-0.05, 0) is 68.5 Å². The fourth-order valence-corrected chi connectivity index (χ4v) is 3.31. The number of anilines is 1. The van der Waals surface area contributed by atoms with Crippen molar-refractivity contribution in [3.63, 3.8) is 0 Å². The summed E-state index contributed by atoms with van der Waals surface area (Å²) in [4.78, 5) is 7.26. The number of nitrogens with zero attached hydrogens (tertiary/aromatic N) is 2. The van der Waals surface area contributed by atoms with Crippen LogP contribution in [0.3, 0.4) is 0 Å². The zero-order chi connectivity index (χ0) is 15.5. The van der Waals surface area contributed by atoms with Gasteiger partial charge in [-0.2, -0.15) is 0 Å². The highest BCUT2D eigenvalue weighted by molar-refractivity contribution is 9.10. The third-order valence-corrected chi connectivity index (χ3v) is 4.52. The van der Waals surface area contributed by atoms with Gasteiger partial charge in [0.05, 0.1) is 0 Å². The minimum atomic E-state index is 0.117. The van der Waals surface area contributed by atoms with E-state index in [1.165, 1.54) is 37.1 Å². The van der Waals surface area contributed by atoms with Crippen molar-refractivity contribution in [3.8, 4) is 0 Å². The Morgan fingerprint density at radius 3 is 2.81 bits per heavy atom. The van der Waals surface area contributed by atoms with Crippen molar-refractivity contribution in [1.82, 2.24) is 10.3 Å². The van der Waals surface area contributed by atoms with Gasteiger partial charge < -0.3 is 10.2 Å². The third kappa shape index (κ3) is 4.68. The molecule has 0 bridgehead atoms. The van der Waals surface area contributed by atoms with Crippen LogP contribution in [-0.2, 0) is 6.54 Å². The lowest BCUT2D eigenvalue weighted by atomic mass is 9.99. The van der Waals surface area contributed by atoms with E-state index in [9.17, 15) is 0 Å². The van der Waals surface area contributed by atoms with E-state index in [1.54, 1.807) is 0 Å². The topological polar surface area (TPSA) is 28.2 Å². The van der Waals surface area contributed by atoms with E-state index >= 15 is 0 Å². The Hall–Kier alpha value is -0.610. The van der Waals surface area contributed by atoms with Gasteiger partial charge in [-0.15, -0.1) is 0 Å². The molecule has 1 unspecified atom stereocenters. The first-order valence-corrected chi connectivity index (χ1v) is 8.86. The number of piperidine rings is 1. The molecule has 0 radical (unpaired) electrons. The summed E-state index contributed by atoms with van der Waals surface area (Å²) in [5.74, 6) is 1.17. The largest absolute Gasteiger partial charge is 0.353 e. The lowest BCUT2D eigenvalue weighted by molar-refractivity contribution is 0.419. The summed E-state index contributed by atoms with van der Waals surface area (Å²) in [5, 5.41) is 3.59. The summed E-state index contributed by atoms with van der Waals surface area (Å²) in [6.07, 6.45) is 7.04. The second kappa shape index (κ2) is 7.10. The first-order chi connectivity index (χ1) is 9.90. The molecule has 1 N–H and O–H groups in total. The fraction of sp³-hybridized carbons (Fsp3) is 0.706. The molecule has 0 spiro atoms. The quantitative estimate of drug-likeness (QED) is 0.863. The maximum absolute atomic E-state index is 4.74. The first kappa shape index (κ1) is 16.8. The van der Waals surface area contributed by atoms with Crippen LogP contribution < -0.4 is 10.2 Å². The Labute approximate surface area is 137 Å². The van der Waals surface area contributed by atoms with Gasteiger partial charge in [0, 0.05) is 40.9 Å². The molecule has 1 fully saturated rings. The Kier molecular flexibility index (Phi) is 5.67. The minimum Gasteiger partial charge on any atom is -0.353 e. The van der Waals surface area contributed by atoms with Crippen molar-refractivity contribution in [3.05, 3.63) is 22.3 Å². The molecule has 1 saturated heterocycles. The van der Waals surface area contributed by atoms with Crippen molar-refractivity contribution >= 4 is 21.7 Å². The maximum atomic E-state index is 4.74. The molecule has 2 rings (SSSR count). The predicted molar refractivity (Wildman–Crippen MR) is 93.8 cm³/mol. The SMILES string of the molecule is CCC1CCCCN1c1ncc(Br)cc1CNC(C)(C)C. The molecule has 4 heteroatoms. The fourth-order valence-electron chi connectivity index (χ4n) is 2.93. The molecule has 1 aliphatic heterocycles. The standard InChI is InChI=1S/C17H28BrN3/c1-5-15-8-6-7-9-21(15)16-13(10-14(18)12-19-16)11-20-17(2,3)4/h10,12,15,20H,5-9,11H2,1-4H3. The summed E-state index contributed by atoms with van der Waals surface area (Å²) in [6.45, 7) is 10.9. The van der Waals surface area contributed by atoms with Crippen molar-refractivity contribution in [2.24, 2.45) is 0 Å². The smallest absolute Gasteiger partial charge is 0.133 e. The molecule has 0 aromatic carbocycles. The number of pyridine rings is 1. The second-order valence-electron chi connectivity index (χ2n) is 6.99. The Morgan fingerprint density at radius 1 is 1.38 bits per heavy atom. The van der Waals surface area contributed by atoms with Crippen molar-refractivity contribution in [1.29, 1.82) is 0 Å². The van der Waals surface area contributed by atoms with Gasteiger partial charge >= 0.3 is 0 Å². The van der Waals surface area contributed by atoms with E-state index in [4.69, 9.17) is 4.98 Å². The molecule has 1 atom stereocenters. The molecular weight excluding hydrogens is 326 g/mol. The zero-order valence-corrected chi connectivity index (χ0v) is 15.3. The third-order valence-electron chi connectivity index (χ3n) is 4.09. The highest BCUT2D eigenvalue weighted by Crippen LogP contribution is 2.29. The monoisotopic (exact) mass is 353 g/mol. The predicted octanol–water partition coefficient (Wildman–Crippen LogP) is 4.50. The summed E-state index contributed by atoms with van der Waals surface area (Å²) in [6, 6.07) is 2.85. The molecular formula is C17H28BrN3. The van der Waals surface area contributed by atoms with E-state index in [0.29, 0.717) is 6.04 Å². The van der Waals surface area contributed by atoms with E-state index in [2.05, 4.69) is 59.9 Å². The van der Waals surface area contributed by atoms with E-state index < -0.39 is 0 Å². The molecule has 1 aromatic heterocycles. The lowest BCUT2D eigenvalue weighted by Gasteiger charge is -2.37. The molecule has 1 aromatic rings. The van der Waals surface area contributed by atoms with Crippen LogP contribution in [0.5, 0.6) is 0 Å². The van der Waals surface area contributed by atoms with Crippen LogP contribution in [0.25, 0.3) is 0 Å². The van der Waals surface area contributed by atoms with Gasteiger partial charge in [-0.25, -0.2) is 4.98 Å². The second-order valence-corrected chi connectivity index (χ2v) is 7.91. The number of halogens is 1. The molecule has 118 valence electrons. The van der Waals surface area contributed by atoms with Gasteiger partial charge in [0.1, 0.15) is 5.82 Å². The molecule has 21 heavy (non-hydrogen) atoms. The summed E-state index contributed by atoms with van der Waals surface area (Å²) >= 11 is 3.56. The molecule has 3 nitrogen and oxygen atoms in total. The number of hydrogen-bond acceptors (Lipinski definition) is 3. The Morgan fingerprint density at radius 2 is 2.14 bits per heavy atom. The zero-order valence-electron chi connectivity index (χ0n) is 13.7. The molecule has 0 aliphatic carbocycles. The van der Waals surface area contributed by atoms with E-state index in [0.717, 1.165) is 17.6 Å². The van der Waals surface area contributed by atoms with Gasteiger partial charge in [0.15, 0.2) is 0 Å². The van der Waals surface area contributed by atoms with E-state index in [-0.39, 0.29) is 5.54 Å². The Bertz CT molecular complexity index is 468. The Balaban J connectivity index is 2.25. The van der Waals surface area contributed by atoms with E-state index in [1.807, 2.05) is 6.20 Å². The highest BCUT2D eigenvalue weighted by Gasteiger charge is 2.24. The summed E-state index contributed by atoms with van der Waals surface area (Å²) in [7, 11) is 0. The number of aromatic nitrogens is 1. The average molecular weight is 354 g/mol. The van der Waals surface area contributed by atoms with Crippen LogP contribution in [0.15, 0.2) is 16.7 Å². The van der Waals surface area contributed by atoms with Crippen LogP contribution >= 0.6 is 15.9 Å². The molecule has 2 heterocycles. The number of nitrogens with one attached hydrogen (secondary N) is 1. The maximum Gasteiger partial charge on any atom is 0.133 e. The minimum absolute atomic E-state index is 0.117. The van der Waals surface area contributed by atoms with Crippen molar-refractivity contribution < 1.29 is 0 Å². The van der Waals surface area contributed by atoms with Gasteiger partial charge in [-0.3, -0.25) is 0 Å². The summed E-state index contributed by atoms with van der Waals surface area (Å²) in [5.41, 5.74) is 1.41. The van der Waals surface area contributed by atoms with Crippen LogP contribution in [0.1, 0.15) is 58.9 Å². The van der Waals surface area contributed by atoms with Gasteiger partial charge in [-0.1, -0.05) is 6.92 Å².